The fourth-order valence-electron chi connectivity index (χ4n) is 2.66. The first kappa shape index (κ1) is 17.7. The molecule has 0 bridgehead atoms. The van der Waals surface area contributed by atoms with E-state index in [9.17, 15) is 9.59 Å². The van der Waals surface area contributed by atoms with Gasteiger partial charge in [0.1, 0.15) is 18.9 Å². The highest BCUT2D eigenvalue weighted by Gasteiger charge is 2.22. The molecule has 2 N–H and O–H groups in total. The molecule has 1 atom stereocenters. The first-order valence-corrected chi connectivity index (χ1v) is 8.21. The molecule has 8 nitrogen and oxygen atoms in total. The molecule has 0 saturated heterocycles. The maximum absolute atomic E-state index is 12.5. The van der Waals surface area contributed by atoms with E-state index in [2.05, 4.69) is 15.3 Å². The van der Waals surface area contributed by atoms with Crippen LogP contribution in [0.4, 0.5) is 0 Å². The maximum Gasteiger partial charge on any atom is 0.356 e. The molecular formula is C18H19N3O5. The quantitative estimate of drug-likeness (QED) is 0.843. The Morgan fingerprint density at radius 2 is 1.73 bits per heavy atom. The molecule has 1 aliphatic rings. The second kappa shape index (κ2) is 7.38. The number of hydrogen-bond acceptors (Lipinski definition) is 6. The largest absolute Gasteiger partial charge is 0.486 e. The van der Waals surface area contributed by atoms with Gasteiger partial charge in [0.15, 0.2) is 17.2 Å². The molecule has 1 unspecified atom stereocenters. The van der Waals surface area contributed by atoms with Crippen molar-refractivity contribution in [1.29, 1.82) is 0 Å². The zero-order valence-corrected chi connectivity index (χ0v) is 14.4. The van der Waals surface area contributed by atoms with Crippen molar-refractivity contribution in [2.24, 2.45) is 5.92 Å². The van der Waals surface area contributed by atoms with Crippen LogP contribution < -0.4 is 14.8 Å². The van der Waals surface area contributed by atoms with Gasteiger partial charge in [-0.3, -0.25) is 4.79 Å². The summed E-state index contributed by atoms with van der Waals surface area (Å²) < 4.78 is 11.1. The summed E-state index contributed by atoms with van der Waals surface area (Å²) in [5.74, 6) is -0.181. The van der Waals surface area contributed by atoms with Crippen LogP contribution in [0.2, 0.25) is 0 Å². The molecule has 1 aromatic heterocycles. The van der Waals surface area contributed by atoms with Crippen LogP contribution in [0.3, 0.4) is 0 Å². The summed E-state index contributed by atoms with van der Waals surface area (Å²) in [6, 6.07) is 5.29. The van der Waals surface area contributed by atoms with Gasteiger partial charge in [0, 0.05) is 0 Å². The van der Waals surface area contributed by atoms with Crippen molar-refractivity contribution in [3.8, 4) is 11.5 Å². The minimum Gasteiger partial charge on any atom is -0.486 e. The van der Waals surface area contributed by atoms with Crippen LogP contribution in [0.5, 0.6) is 11.5 Å². The molecule has 0 aliphatic carbocycles. The lowest BCUT2D eigenvalue weighted by Crippen LogP contribution is -2.32. The molecule has 3 rings (SSSR count). The third-order valence-corrected chi connectivity index (χ3v) is 3.98. The fourth-order valence-corrected chi connectivity index (χ4v) is 2.66. The van der Waals surface area contributed by atoms with E-state index in [0.717, 1.165) is 18.0 Å². The summed E-state index contributed by atoms with van der Waals surface area (Å²) >= 11 is 0. The third-order valence-electron chi connectivity index (χ3n) is 3.98. The minimum atomic E-state index is -1.19. The zero-order chi connectivity index (χ0) is 18.7. The van der Waals surface area contributed by atoms with E-state index in [1.807, 2.05) is 32.0 Å². The zero-order valence-electron chi connectivity index (χ0n) is 14.4. The molecule has 0 spiro atoms. The number of carboxylic acid groups (broad SMARTS) is 1. The Hall–Kier alpha value is -3.16. The van der Waals surface area contributed by atoms with Crippen LogP contribution in [-0.4, -0.2) is 40.2 Å². The Balaban J connectivity index is 1.80. The number of carbonyl (C=O) groups excluding carboxylic acids is 1. The molecule has 2 heterocycles. The summed E-state index contributed by atoms with van der Waals surface area (Å²) in [5, 5.41) is 11.8. The summed E-state index contributed by atoms with van der Waals surface area (Å²) in [6.07, 6.45) is 2.21. The number of ether oxygens (including phenoxy) is 2. The molecule has 0 fully saturated rings. The number of carboxylic acids is 1. The number of hydrogen-bond donors (Lipinski definition) is 2. The first-order valence-electron chi connectivity index (χ1n) is 8.21. The molecule has 8 heteroatoms. The predicted molar refractivity (Wildman–Crippen MR) is 91.5 cm³/mol. The van der Waals surface area contributed by atoms with Crippen molar-refractivity contribution in [2.45, 2.75) is 19.9 Å². The number of aromatic carboxylic acids is 1. The summed E-state index contributed by atoms with van der Waals surface area (Å²) in [6.45, 7) is 4.98. The number of nitrogens with zero attached hydrogens (tertiary/aromatic N) is 2. The number of amides is 1. The predicted octanol–water partition coefficient (Wildman–Crippen LogP) is 2.07. The number of fused-ring (bicyclic) bond motifs is 1. The molecular weight excluding hydrogens is 338 g/mol. The normalized spacial score (nSPS) is 14.0. The minimum absolute atomic E-state index is 0.0539. The summed E-state index contributed by atoms with van der Waals surface area (Å²) in [5.41, 5.74) is 0.722. The molecule has 0 saturated carbocycles. The lowest BCUT2D eigenvalue weighted by atomic mass is 9.95. The van der Waals surface area contributed by atoms with Gasteiger partial charge < -0.3 is 19.9 Å². The number of aromatic nitrogens is 2. The fraction of sp³-hybridized carbons (Fsp3) is 0.333. The highest BCUT2D eigenvalue weighted by molar-refractivity contribution is 5.93. The van der Waals surface area contributed by atoms with Crippen molar-refractivity contribution in [1.82, 2.24) is 15.3 Å². The highest BCUT2D eigenvalue weighted by Crippen LogP contribution is 2.34. The van der Waals surface area contributed by atoms with Gasteiger partial charge in [-0.2, -0.15) is 0 Å². The highest BCUT2D eigenvalue weighted by atomic mass is 16.6. The average Bonchev–Trinajstić information content (AvgIpc) is 2.65. The Labute approximate surface area is 150 Å². The van der Waals surface area contributed by atoms with Gasteiger partial charge in [-0.15, -0.1) is 0 Å². The van der Waals surface area contributed by atoms with Gasteiger partial charge in [0.25, 0.3) is 5.91 Å². The monoisotopic (exact) mass is 357 g/mol. The second-order valence-electron chi connectivity index (χ2n) is 6.19. The molecule has 1 aromatic carbocycles. The molecule has 26 heavy (non-hydrogen) atoms. The lowest BCUT2D eigenvalue weighted by Gasteiger charge is -2.25. The van der Waals surface area contributed by atoms with E-state index in [-0.39, 0.29) is 23.3 Å². The Morgan fingerprint density at radius 3 is 2.35 bits per heavy atom. The van der Waals surface area contributed by atoms with Crippen molar-refractivity contribution in [3.05, 3.63) is 47.5 Å². The molecule has 1 aliphatic heterocycles. The van der Waals surface area contributed by atoms with Crippen molar-refractivity contribution in [3.63, 3.8) is 0 Å². The van der Waals surface area contributed by atoms with Crippen molar-refractivity contribution >= 4 is 11.9 Å². The van der Waals surface area contributed by atoms with E-state index >= 15 is 0 Å². The van der Waals surface area contributed by atoms with Crippen LogP contribution in [0, 0.1) is 5.92 Å². The summed E-state index contributed by atoms with van der Waals surface area (Å²) in [4.78, 5) is 30.9. The number of nitrogens with one attached hydrogen (secondary N) is 1. The van der Waals surface area contributed by atoms with E-state index in [4.69, 9.17) is 14.6 Å². The molecule has 2 aromatic rings. The van der Waals surface area contributed by atoms with Crippen LogP contribution in [0.1, 0.15) is 46.4 Å². The van der Waals surface area contributed by atoms with Crippen LogP contribution in [-0.2, 0) is 0 Å². The van der Waals surface area contributed by atoms with Gasteiger partial charge in [-0.1, -0.05) is 19.9 Å². The number of carbonyl (C=O) groups is 2. The van der Waals surface area contributed by atoms with Gasteiger partial charge in [0.2, 0.25) is 0 Å². The number of rotatable bonds is 5. The van der Waals surface area contributed by atoms with Crippen LogP contribution >= 0.6 is 0 Å². The Bertz CT molecular complexity index is 820. The Kier molecular flexibility index (Phi) is 5.01. The molecule has 1 amide bonds. The first-order chi connectivity index (χ1) is 12.5. The molecule has 136 valence electrons. The lowest BCUT2D eigenvalue weighted by molar-refractivity contribution is 0.0688. The number of benzene rings is 1. The Morgan fingerprint density at radius 1 is 1.08 bits per heavy atom. The van der Waals surface area contributed by atoms with E-state index in [1.165, 1.54) is 0 Å². The van der Waals surface area contributed by atoms with E-state index in [1.54, 1.807) is 0 Å². The summed E-state index contributed by atoms with van der Waals surface area (Å²) in [7, 11) is 0. The second-order valence-corrected chi connectivity index (χ2v) is 6.19. The van der Waals surface area contributed by atoms with Crippen LogP contribution in [0.25, 0.3) is 0 Å². The van der Waals surface area contributed by atoms with Gasteiger partial charge >= 0.3 is 5.97 Å². The van der Waals surface area contributed by atoms with Gasteiger partial charge in [-0.25, -0.2) is 14.8 Å². The standard InChI is InChI=1S/C18H19N3O5/c1-10(2)16(11-3-4-14-15(7-11)26-6-5-25-14)21-17(22)12-8-20-13(9-19-12)18(23)24/h3-4,7-10,16H,5-6H2,1-2H3,(H,21,22)(H,23,24). The van der Waals surface area contributed by atoms with Gasteiger partial charge in [0.05, 0.1) is 18.4 Å². The maximum atomic E-state index is 12.5. The van der Waals surface area contributed by atoms with E-state index < -0.39 is 11.9 Å². The van der Waals surface area contributed by atoms with E-state index in [0.29, 0.717) is 24.7 Å². The molecule has 0 radical (unpaired) electrons. The topological polar surface area (TPSA) is 111 Å². The van der Waals surface area contributed by atoms with Crippen molar-refractivity contribution < 1.29 is 24.2 Å². The smallest absolute Gasteiger partial charge is 0.356 e. The van der Waals surface area contributed by atoms with Gasteiger partial charge in [-0.05, 0) is 23.6 Å². The SMILES string of the molecule is CC(C)C(NC(=O)c1cnc(C(=O)O)cn1)c1ccc2c(c1)OCCO2. The average molecular weight is 357 g/mol. The third kappa shape index (κ3) is 3.74. The van der Waals surface area contributed by atoms with Crippen molar-refractivity contribution in [2.75, 3.05) is 13.2 Å². The van der Waals surface area contributed by atoms with Crippen LogP contribution in [0.15, 0.2) is 30.6 Å².